The highest BCUT2D eigenvalue weighted by Gasteiger charge is 2.50. The first-order valence-electron chi connectivity index (χ1n) is 22.9. The fourth-order valence-electron chi connectivity index (χ4n) is 11.1. The van der Waals surface area contributed by atoms with Gasteiger partial charge in [-0.2, -0.15) is 0 Å². The van der Waals surface area contributed by atoms with Gasteiger partial charge in [-0.05, 0) is 74.3 Å². The zero-order chi connectivity index (χ0) is 43.7. The van der Waals surface area contributed by atoms with Crippen LogP contribution >= 0.6 is 0 Å². The van der Waals surface area contributed by atoms with Gasteiger partial charge in [-0.15, -0.1) is 0 Å². The van der Waals surface area contributed by atoms with Crippen molar-refractivity contribution in [1.82, 2.24) is 0 Å². The van der Waals surface area contributed by atoms with Gasteiger partial charge in [0, 0.05) is 18.4 Å². The minimum Gasteiger partial charge on any atom is -0.416 e. The Morgan fingerprint density at radius 1 is 0.655 bits per heavy atom. The van der Waals surface area contributed by atoms with Crippen LogP contribution in [-0.4, -0.2) is 62.8 Å². The average molecular weight is 851 g/mol. The molecule has 1 fully saturated rings. The van der Waals surface area contributed by atoms with Gasteiger partial charge >= 0.3 is 0 Å². The molecule has 0 spiro atoms. The molecule has 3 rings (SSSR count). The maximum absolute atomic E-state index is 14.2. The molecular weight excluding hydrogens is 765 g/mol. The van der Waals surface area contributed by atoms with Crippen LogP contribution in [0.1, 0.15) is 150 Å². The molecule has 2 aromatic carbocycles. The van der Waals surface area contributed by atoms with E-state index >= 15 is 0 Å². The van der Waals surface area contributed by atoms with Crippen molar-refractivity contribution in [2.45, 2.75) is 200 Å². The van der Waals surface area contributed by atoms with Crippen molar-refractivity contribution in [2.24, 2.45) is 5.41 Å². The van der Waals surface area contributed by atoms with E-state index in [9.17, 15) is 4.79 Å². The second-order valence-electron chi connectivity index (χ2n) is 21.0. The molecule has 0 unspecified atom stereocenters. The highest BCUT2D eigenvalue weighted by Crippen LogP contribution is 2.44. The first kappa shape index (κ1) is 50.7. The summed E-state index contributed by atoms with van der Waals surface area (Å²) >= 11 is 0. The summed E-state index contributed by atoms with van der Waals surface area (Å²) in [4.78, 5) is 14.2. The average Bonchev–Trinajstić information content (AvgIpc) is 3.13. The Kier molecular flexibility index (Phi) is 18.7. The van der Waals surface area contributed by atoms with Gasteiger partial charge in [-0.3, -0.25) is 4.79 Å². The second-order valence-corrected chi connectivity index (χ2v) is 36.3. The smallest absolute Gasteiger partial charge is 0.261 e. The van der Waals surface area contributed by atoms with Crippen LogP contribution in [0.3, 0.4) is 0 Å². The molecule has 0 aromatic heterocycles. The Bertz CT molecular complexity index is 1480. The number of benzene rings is 2. The molecule has 8 heteroatoms. The zero-order valence-electron chi connectivity index (χ0n) is 40.2. The van der Waals surface area contributed by atoms with E-state index in [0.29, 0.717) is 52.9 Å². The molecule has 0 saturated carbocycles. The summed E-state index contributed by atoms with van der Waals surface area (Å²) in [6.45, 7) is 41.1. The first-order valence-corrected chi connectivity index (χ1v) is 29.1. The lowest BCUT2D eigenvalue weighted by atomic mass is 9.80. The third kappa shape index (κ3) is 11.6. The van der Waals surface area contributed by atoms with Crippen LogP contribution in [0.2, 0.25) is 38.3 Å². The van der Waals surface area contributed by atoms with E-state index in [1.807, 2.05) is 0 Å². The summed E-state index contributed by atoms with van der Waals surface area (Å²) in [6, 6.07) is 21.7. The van der Waals surface area contributed by atoms with Crippen LogP contribution in [0.25, 0.3) is 0 Å². The van der Waals surface area contributed by atoms with Crippen molar-refractivity contribution >= 4 is 41.1 Å². The van der Waals surface area contributed by atoms with Crippen molar-refractivity contribution in [3.05, 3.63) is 72.3 Å². The number of ether oxygens (including phenoxy) is 1. The Balaban J connectivity index is 1.89. The summed E-state index contributed by atoms with van der Waals surface area (Å²) in [5.74, 6) is 0.275. The third-order valence-electron chi connectivity index (χ3n) is 13.9. The Morgan fingerprint density at radius 2 is 1.09 bits per heavy atom. The van der Waals surface area contributed by atoms with Crippen LogP contribution in [0.5, 0.6) is 0 Å². The summed E-state index contributed by atoms with van der Waals surface area (Å²) in [5.41, 5.74) is 3.97. The molecule has 1 saturated heterocycles. The van der Waals surface area contributed by atoms with E-state index in [4.69, 9.17) is 18.0 Å². The lowest BCUT2D eigenvalue weighted by molar-refractivity contribution is -0.133. The molecule has 1 aliphatic heterocycles. The minimum absolute atomic E-state index is 0.105. The van der Waals surface area contributed by atoms with Crippen LogP contribution in [0.4, 0.5) is 0 Å². The number of rotatable bonds is 22. The second kappa shape index (κ2) is 21.4. The topological polar surface area (TPSA) is 54.0 Å². The maximum atomic E-state index is 14.2. The zero-order valence-corrected chi connectivity index (χ0v) is 43.2. The quantitative estimate of drug-likeness (QED) is 0.0671. The highest BCUT2D eigenvalue weighted by atomic mass is 28.4. The molecule has 2 atom stereocenters. The van der Waals surface area contributed by atoms with Gasteiger partial charge in [0.15, 0.2) is 16.6 Å². The van der Waals surface area contributed by atoms with Gasteiger partial charge < -0.3 is 18.0 Å². The molecule has 0 aliphatic carbocycles. The standard InChI is InChI=1S/C50H86O5Si3/c1-37(2)56(38(3)4,39(5)6)52-31-24-30-50(16,17)48(51)35-44-33-43(34-45(55-44)36-54-57(40(7)8,41(9)10)42(11)12)29-32-53-58(49(13,14)15,46-25-20-18-21-26-46)47-27-22-19-23-28-47/h18-23,25-29,37-42,44-45H,24,30-36H2,1-17H3/b43-29-/t44-,45+/m0/s1. The van der Waals surface area contributed by atoms with E-state index in [1.54, 1.807) is 0 Å². The number of Topliss-reactive ketones (excluding diaryl/α,β-unsaturated/α-hetero) is 1. The van der Waals surface area contributed by atoms with Gasteiger partial charge in [-0.1, -0.05) is 190 Å². The molecule has 0 amide bonds. The van der Waals surface area contributed by atoms with Crippen molar-refractivity contribution in [2.75, 3.05) is 19.8 Å². The van der Waals surface area contributed by atoms with E-state index in [-0.39, 0.29) is 23.0 Å². The highest BCUT2D eigenvalue weighted by molar-refractivity contribution is 6.99. The van der Waals surface area contributed by atoms with Crippen molar-refractivity contribution in [3.8, 4) is 0 Å². The summed E-state index contributed by atoms with van der Waals surface area (Å²) < 4.78 is 28.3. The molecule has 0 N–H and O–H groups in total. The van der Waals surface area contributed by atoms with E-state index in [0.717, 1.165) is 32.3 Å². The SMILES string of the molecule is CC(C)[Si](OCCCC(C)(C)C(=O)C[C@@H]1C/C(=C/CO[Si](c2ccccc2)(c2ccccc2)C(C)(C)C)C[C@H](CO[Si](C(C)C)(C(C)C)C(C)C)O1)(C(C)C)C(C)C. The Morgan fingerprint density at radius 3 is 1.52 bits per heavy atom. The van der Waals surface area contributed by atoms with Crippen LogP contribution in [0.15, 0.2) is 72.3 Å². The first-order chi connectivity index (χ1) is 27.0. The van der Waals surface area contributed by atoms with Gasteiger partial charge in [-0.25, -0.2) is 0 Å². The van der Waals surface area contributed by atoms with Crippen molar-refractivity contribution in [3.63, 3.8) is 0 Å². The van der Waals surface area contributed by atoms with E-state index < -0.39 is 30.4 Å². The molecule has 58 heavy (non-hydrogen) atoms. The predicted octanol–water partition coefficient (Wildman–Crippen LogP) is 13.2. The largest absolute Gasteiger partial charge is 0.416 e. The molecule has 328 valence electrons. The molecule has 5 nitrogen and oxygen atoms in total. The van der Waals surface area contributed by atoms with E-state index in [1.165, 1.54) is 15.9 Å². The molecule has 1 aliphatic rings. The van der Waals surface area contributed by atoms with Crippen LogP contribution < -0.4 is 10.4 Å². The number of hydrogen-bond donors (Lipinski definition) is 0. The molecule has 2 aromatic rings. The van der Waals surface area contributed by atoms with Gasteiger partial charge in [0.25, 0.3) is 8.32 Å². The van der Waals surface area contributed by atoms with E-state index in [2.05, 4.69) is 184 Å². The van der Waals surface area contributed by atoms with Gasteiger partial charge in [0.05, 0.1) is 25.4 Å². The molecular formula is C50H86O5Si3. The van der Waals surface area contributed by atoms with Crippen LogP contribution in [0, 0.1) is 5.41 Å². The maximum Gasteiger partial charge on any atom is 0.261 e. The Labute approximate surface area is 360 Å². The van der Waals surface area contributed by atoms with Crippen molar-refractivity contribution < 1.29 is 22.8 Å². The lowest BCUT2D eigenvalue weighted by Gasteiger charge is -2.44. The van der Waals surface area contributed by atoms with Gasteiger partial charge in [0.2, 0.25) is 0 Å². The number of hydrogen-bond acceptors (Lipinski definition) is 5. The monoisotopic (exact) mass is 851 g/mol. The fourth-order valence-corrected chi connectivity index (χ4v) is 26.6. The predicted molar refractivity (Wildman–Crippen MR) is 256 cm³/mol. The normalized spacial score (nSPS) is 18.5. The summed E-state index contributed by atoms with van der Waals surface area (Å²) in [7, 11) is -6.76. The minimum atomic E-state index is -2.70. The third-order valence-corrected chi connectivity index (χ3v) is 31.1. The number of ketones is 1. The molecule has 0 bridgehead atoms. The summed E-state index contributed by atoms with van der Waals surface area (Å²) in [5, 5.41) is 2.46. The Hall–Kier alpha value is -1.66. The molecule has 0 radical (unpaired) electrons. The van der Waals surface area contributed by atoms with Gasteiger partial charge in [0.1, 0.15) is 5.78 Å². The fraction of sp³-hybridized carbons (Fsp3) is 0.700. The van der Waals surface area contributed by atoms with Crippen LogP contribution in [-0.2, 0) is 22.8 Å². The van der Waals surface area contributed by atoms with Crippen molar-refractivity contribution in [1.29, 1.82) is 0 Å². The molecule has 1 heterocycles. The number of carbonyl (C=O) groups excluding carboxylic acids is 1. The number of carbonyl (C=O) groups is 1. The lowest BCUT2D eigenvalue weighted by Crippen LogP contribution is -2.66. The summed E-state index contributed by atoms with van der Waals surface area (Å²) in [6.07, 6.45) is 5.65.